The fourth-order valence-corrected chi connectivity index (χ4v) is 1.19. The van der Waals surface area contributed by atoms with Crippen LogP contribution in [0.2, 0.25) is 0 Å². The molecule has 0 aliphatic carbocycles. The van der Waals surface area contributed by atoms with Crippen LogP contribution in [0.15, 0.2) is 5.22 Å². The van der Waals surface area contributed by atoms with Gasteiger partial charge < -0.3 is 4.74 Å². The Kier molecular flexibility index (Phi) is 2.21. The van der Waals surface area contributed by atoms with Crippen LogP contribution in [-0.2, 0) is 4.74 Å². The number of nitrogens with one attached hydrogen (secondary N) is 1. The van der Waals surface area contributed by atoms with E-state index >= 15 is 0 Å². The molecule has 0 radical (unpaired) electrons. The summed E-state index contributed by atoms with van der Waals surface area (Å²) < 4.78 is 5.24. The van der Waals surface area contributed by atoms with Crippen LogP contribution in [0.4, 0.5) is 0 Å². The Morgan fingerprint density at radius 2 is 1.90 bits per heavy atom. The molecule has 0 aromatic carbocycles. The van der Waals surface area contributed by atoms with E-state index in [-0.39, 0.29) is 12.1 Å². The number of hydrogen-bond acceptors (Lipinski definition) is 3. The maximum Gasteiger partial charge on any atom is 0.0697 e. The molecule has 0 saturated carbocycles. The molecule has 1 heterocycles. The predicted molar refractivity (Wildman–Crippen MR) is 36.7 cm³/mol. The molecule has 1 fully saturated rings. The summed E-state index contributed by atoms with van der Waals surface area (Å²) in [5.41, 5.74) is 6.85. The molecular weight excluding hydrogens is 130 g/mol. The van der Waals surface area contributed by atoms with Crippen molar-refractivity contribution in [1.82, 2.24) is 5.01 Å². The smallest absolute Gasteiger partial charge is 0.0697 e. The Bertz CT molecular complexity index is 118. The molecule has 0 aromatic rings. The zero-order valence-electron chi connectivity index (χ0n) is 6.37. The molecule has 2 unspecified atom stereocenters. The molecule has 2 atom stereocenters. The third-order valence-electron chi connectivity index (χ3n) is 1.74. The molecule has 1 aliphatic rings. The van der Waals surface area contributed by atoms with E-state index in [1.165, 1.54) is 0 Å². The van der Waals surface area contributed by atoms with Crippen LogP contribution in [0.25, 0.3) is 0 Å². The maximum absolute atomic E-state index is 6.85. The highest BCUT2D eigenvalue weighted by Gasteiger charge is 2.23. The second-order valence-corrected chi connectivity index (χ2v) is 2.72. The largest absolute Gasteiger partial charge is 0.377 e. The van der Waals surface area contributed by atoms with Crippen LogP contribution in [0.3, 0.4) is 0 Å². The van der Waals surface area contributed by atoms with Crippen LogP contribution >= 0.6 is 0 Å². The Morgan fingerprint density at radius 1 is 1.40 bits per heavy atom. The topological polar surface area (TPSA) is 48.7 Å². The molecule has 1 aliphatic heterocycles. The highest BCUT2D eigenvalue weighted by molar-refractivity contribution is 4.72. The van der Waals surface area contributed by atoms with E-state index in [2.05, 4.69) is 5.22 Å². The van der Waals surface area contributed by atoms with Crippen LogP contribution in [0, 0.1) is 5.53 Å². The Hall–Kier alpha value is -0.640. The summed E-state index contributed by atoms with van der Waals surface area (Å²) in [4.78, 5) is 0. The van der Waals surface area contributed by atoms with Crippen molar-refractivity contribution < 1.29 is 4.74 Å². The van der Waals surface area contributed by atoms with Crippen molar-refractivity contribution in [2.24, 2.45) is 5.22 Å². The van der Waals surface area contributed by atoms with Crippen molar-refractivity contribution in [3.63, 3.8) is 0 Å². The van der Waals surface area contributed by atoms with Crippen molar-refractivity contribution >= 4 is 0 Å². The lowest BCUT2D eigenvalue weighted by Crippen LogP contribution is -2.45. The molecule has 1 rings (SSSR count). The Balaban J connectivity index is 2.53. The van der Waals surface area contributed by atoms with E-state index in [0.717, 1.165) is 0 Å². The van der Waals surface area contributed by atoms with Gasteiger partial charge in [0.15, 0.2) is 0 Å². The normalized spacial score (nSPS) is 34.0. The number of rotatable bonds is 1. The molecule has 4 nitrogen and oxygen atoms in total. The molecule has 0 amide bonds. The van der Waals surface area contributed by atoms with Gasteiger partial charge in [-0.3, -0.25) is 5.01 Å². The number of ether oxygens (including phenoxy) is 1. The van der Waals surface area contributed by atoms with E-state index in [1.807, 2.05) is 13.8 Å². The van der Waals surface area contributed by atoms with E-state index in [9.17, 15) is 0 Å². The SMILES string of the molecule is CC1COCC(C)N1N=N. The lowest BCUT2D eigenvalue weighted by Gasteiger charge is -2.34. The molecule has 1 N–H and O–H groups in total. The van der Waals surface area contributed by atoms with Crippen molar-refractivity contribution in [1.29, 1.82) is 5.53 Å². The molecule has 1 saturated heterocycles. The minimum atomic E-state index is 0.251. The standard InChI is InChI=1S/C6H13N3O/c1-5-3-10-4-6(2)9(5)8-7/h5-7H,3-4H2,1-2H3. The lowest BCUT2D eigenvalue weighted by atomic mass is 10.2. The summed E-state index contributed by atoms with van der Waals surface area (Å²) in [5, 5.41) is 5.18. The fourth-order valence-electron chi connectivity index (χ4n) is 1.19. The average Bonchev–Trinajstić information content (AvgIpc) is 1.88. The second-order valence-electron chi connectivity index (χ2n) is 2.72. The van der Waals surface area contributed by atoms with Gasteiger partial charge in [0.05, 0.1) is 25.3 Å². The fraction of sp³-hybridized carbons (Fsp3) is 1.00. The maximum atomic E-state index is 6.85. The number of nitrogens with zero attached hydrogens (tertiary/aromatic N) is 2. The van der Waals surface area contributed by atoms with Gasteiger partial charge in [0, 0.05) is 0 Å². The monoisotopic (exact) mass is 143 g/mol. The van der Waals surface area contributed by atoms with Crippen LogP contribution in [0.5, 0.6) is 0 Å². The van der Waals surface area contributed by atoms with E-state index in [4.69, 9.17) is 10.3 Å². The molecule has 10 heavy (non-hydrogen) atoms. The van der Waals surface area contributed by atoms with E-state index < -0.39 is 0 Å². The highest BCUT2D eigenvalue weighted by Crippen LogP contribution is 2.12. The molecule has 4 heteroatoms. The van der Waals surface area contributed by atoms with Crippen LogP contribution < -0.4 is 0 Å². The van der Waals surface area contributed by atoms with Gasteiger partial charge in [-0.2, -0.15) is 5.53 Å². The minimum absolute atomic E-state index is 0.251. The van der Waals surface area contributed by atoms with Crippen molar-refractivity contribution in [2.75, 3.05) is 13.2 Å². The average molecular weight is 143 g/mol. The minimum Gasteiger partial charge on any atom is -0.377 e. The first kappa shape index (κ1) is 7.47. The summed E-state index contributed by atoms with van der Waals surface area (Å²) in [6.45, 7) is 5.39. The van der Waals surface area contributed by atoms with Crippen molar-refractivity contribution in [2.45, 2.75) is 25.9 Å². The first-order valence-electron chi connectivity index (χ1n) is 3.49. The molecule has 0 spiro atoms. The highest BCUT2D eigenvalue weighted by atomic mass is 16.5. The third-order valence-corrected chi connectivity index (χ3v) is 1.74. The quantitative estimate of drug-likeness (QED) is 0.557. The molecule has 0 bridgehead atoms. The van der Waals surface area contributed by atoms with Crippen LogP contribution in [0.1, 0.15) is 13.8 Å². The molecule has 0 aromatic heterocycles. The van der Waals surface area contributed by atoms with Gasteiger partial charge in [0.1, 0.15) is 0 Å². The molecular formula is C6H13N3O. The summed E-state index contributed by atoms with van der Waals surface area (Å²) in [5.74, 6) is 0. The lowest BCUT2D eigenvalue weighted by molar-refractivity contribution is -0.0417. The van der Waals surface area contributed by atoms with Gasteiger partial charge >= 0.3 is 0 Å². The Labute approximate surface area is 60.6 Å². The van der Waals surface area contributed by atoms with E-state index in [1.54, 1.807) is 5.01 Å². The van der Waals surface area contributed by atoms with Gasteiger partial charge in [-0.25, -0.2) is 0 Å². The summed E-state index contributed by atoms with van der Waals surface area (Å²) in [7, 11) is 0. The number of hydrogen-bond donors (Lipinski definition) is 1. The third kappa shape index (κ3) is 1.26. The van der Waals surface area contributed by atoms with Crippen molar-refractivity contribution in [3.8, 4) is 0 Å². The van der Waals surface area contributed by atoms with E-state index in [0.29, 0.717) is 13.2 Å². The Morgan fingerprint density at radius 3 is 2.20 bits per heavy atom. The first-order valence-corrected chi connectivity index (χ1v) is 3.49. The van der Waals surface area contributed by atoms with Gasteiger partial charge in [0.2, 0.25) is 0 Å². The van der Waals surface area contributed by atoms with Crippen LogP contribution in [-0.4, -0.2) is 30.3 Å². The predicted octanol–water partition coefficient (Wildman–Crippen LogP) is 1.04. The summed E-state index contributed by atoms with van der Waals surface area (Å²) in [6.07, 6.45) is 0. The van der Waals surface area contributed by atoms with Gasteiger partial charge in [-0.1, -0.05) is 5.22 Å². The van der Waals surface area contributed by atoms with Gasteiger partial charge in [-0.15, -0.1) is 0 Å². The van der Waals surface area contributed by atoms with Gasteiger partial charge in [0.25, 0.3) is 0 Å². The first-order chi connectivity index (χ1) is 4.75. The van der Waals surface area contributed by atoms with Crippen molar-refractivity contribution in [3.05, 3.63) is 0 Å². The summed E-state index contributed by atoms with van der Waals surface area (Å²) in [6, 6.07) is 0.502. The second kappa shape index (κ2) is 2.96. The molecule has 58 valence electrons. The number of morpholine rings is 1. The zero-order chi connectivity index (χ0) is 7.56. The zero-order valence-corrected chi connectivity index (χ0v) is 6.37. The van der Waals surface area contributed by atoms with Gasteiger partial charge in [-0.05, 0) is 13.8 Å². The summed E-state index contributed by atoms with van der Waals surface area (Å²) >= 11 is 0.